The molecule has 0 unspecified atom stereocenters. The van der Waals surface area contributed by atoms with E-state index in [4.69, 9.17) is 0 Å². The van der Waals surface area contributed by atoms with E-state index < -0.39 is 0 Å². The molecule has 0 aromatic heterocycles. The molecule has 0 N–H and O–H groups in total. The van der Waals surface area contributed by atoms with Crippen LogP contribution in [0.2, 0.25) is 0 Å². The summed E-state index contributed by atoms with van der Waals surface area (Å²) >= 11 is 0. The number of hydrogen-bond donors (Lipinski definition) is 0. The van der Waals surface area contributed by atoms with Gasteiger partial charge in [0.15, 0.2) is 0 Å². The largest absolute Gasteiger partial charge is 0.299 e. The van der Waals surface area contributed by atoms with Gasteiger partial charge in [0.05, 0.1) is 0 Å². The highest BCUT2D eigenvalue weighted by Gasteiger charge is 2.01. The van der Waals surface area contributed by atoms with Crippen LogP contribution in [0.25, 0.3) is 0 Å². The lowest BCUT2D eigenvalue weighted by molar-refractivity contribution is -0.104. The maximum atomic E-state index is 10.1. The van der Waals surface area contributed by atoms with Gasteiger partial charge in [-0.2, -0.15) is 0 Å². The molecular formula is C9H12O. The van der Waals surface area contributed by atoms with E-state index in [1.54, 1.807) is 6.08 Å². The number of rotatable bonds is 1. The number of aldehydes is 1. The van der Waals surface area contributed by atoms with Gasteiger partial charge in [0.1, 0.15) is 6.29 Å². The molecule has 0 aromatic rings. The van der Waals surface area contributed by atoms with E-state index in [0.29, 0.717) is 0 Å². The molecule has 0 saturated carbocycles. The first-order valence-corrected chi connectivity index (χ1v) is 3.64. The van der Waals surface area contributed by atoms with Gasteiger partial charge in [-0.3, -0.25) is 4.79 Å². The molecule has 54 valence electrons. The molecule has 0 heterocycles. The minimum atomic E-state index is 0.866. The summed E-state index contributed by atoms with van der Waals surface area (Å²) in [6.45, 7) is 2.11. The lowest BCUT2D eigenvalue weighted by Gasteiger charge is -2.09. The fourth-order valence-corrected chi connectivity index (χ4v) is 1.25. The van der Waals surface area contributed by atoms with Crippen molar-refractivity contribution in [1.29, 1.82) is 0 Å². The molecule has 1 heteroatoms. The Balaban J connectivity index is 2.70. The van der Waals surface area contributed by atoms with Crippen LogP contribution in [0, 0.1) is 0 Å². The third-order valence-electron chi connectivity index (χ3n) is 1.75. The second kappa shape index (κ2) is 3.35. The van der Waals surface area contributed by atoms with Crippen LogP contribution in [0.3, 0.4) is 0 Å². The molecule has 0 spiro atoms. The summed E-state index contributed by atoms with van der Waals surface area (Å²) in [5.74, 6) is 0. The van der Waals surface area contributed by atoms with Crippen molar-refractivity contribution >= 4 is 6.29 Å². The van der Waals surface area contributed by atoms with Gasteiger partial charge in [-0.1, -0.05) is 11.6 Å². The zero-order valence-corrected chi connectivity index (χ0v) is 6.26. The van der Waals surface area contributed by atoms with Crippen LogP contribution in [0.1, 0.15) is 26.2 Å². The number of carbonyl (C=O) groups is 1. The van der Waals surface area contributed by atoms with Crippen molar-refractivity contribution in [3.05, 3.63) is 23.3 Å². The molecule has 1 rings (SSSR count). The van der Waals surface area contributed by atoms with Gasteiger partial charge in [0.2, 0.25) is 0 Å². The second-order valence-electron chi connectivity index (χ2n) is 2.72. The Labute approximate surface area is 61.4 Å². The van der Waals surface area contributed by atoms with Crippen molar-refractivity contribution in [3.8, 4) is 0 Å². The molecule has 0 saturated heterocycles. The first-order valence-electron chi connectivity index (χ1n) is 3.64. The van der Waals surface area contributed by atoms with Crippen LogP contribution in [-0.2, 0) is 4.79 Å². The third-order valence-corrected chi connectivity index (χ3v) is 1.75. The van der Waals surface area contributed by atoms with E-state index in [2.05, 4.69) is 13.0 Å². The van der Waals surface area contributed by atoms with Gasteiger partial charge < -0.3 is 0 Å². The normalized spacial score (nSPS) is 22.5. The van der Waals surface area contributed by atoms with Crippen LogP contribution in [0.5, 0.6) is 0 Å². The predicted molar refractivity (Wildman–Crippen MR) is 41.8 cm³/mol. The summed E-state index contributed by atoms with van der Waals surface area (Å²) < 4.78 is 0. The number of allylic oxidation sites excluding steroid dienone is 4. The van der Waals surface area contributed by atoms with Crippen molar-refractivity contribution in [2.45, 2.75) is 26.2 Å². The molecule has 0 fully saturated rings. The summed E-state index contributed by atoms with van der Waals surface area (Å²) in [5, 5.41) is 0. The zero-order valence-electron chi connectivity index (χ0n) is 6.26. The van der Waals surface area contributed by atoms with Crippen molar-refractivity contribution in [2.75, 3.05) is 0 Å². The Morgan fingerprint density at radius 3 is 2.90 bits per heavy atom. The molecule has 10 heavy (non-hydrogen) atoms. The Morgan fingerprint density at radius 1 is 1.50 bits per heavy atom. The van der Waals surface area contributed by atoms with E-state index in [-0.39, 0.29) is 0 Å². The molecule has 0 aromatic carbocycles. The van der Waals surface area contributed by atoms with Gasteiger partial charge in [-0.25, -0.2) is 0 Å². The van der Waals surface area contributed by atoms with Crippen molar-refractivity contribution in [2.24, 2.45) is 0 Å². The molecule has 1 aliphatic carbocycles. The molecule has 0 bridgehead atoms. The molecule has 1 nitrogen and oxygen atoms in total. The fourth-order valence-electron chi connectivity index (χ4n) is 1.25. The fraction of sp³-hybridized carbons (Fsp3) is 0.444. The Kier molecular flexibility index (Phi) is 2.43. The summed E-state index contributed by atoms with van der Waals surface area (Å²) in [7, 11) is 0. The van der Waals surface area contributed by atoms with E-state index in [1.807, 2.05) is 0 Å². The molecule has 0 atom stereocenters. The van der Waals surface area contributed by atoms with Crippen LogP contribution >= 0.6 is 0 Å². The SMILES string of the molecule is CC1=C/C(=C\C=O)CCC1. The minimum Gasteiger partial charge on any atom is -0.299 e. The van der Waals surface area contributed by atoms with Gasteiger partial charge in [-0.15, -0.1) is 0 Å². The average molecular weight is 136 g/mol. The van der Waals surface area contributed by atoms with E-state index in [0.717, 1.165) is 12.7 Å². The standard InChI is InChI=1S/C9H12O/c1-8-3-2-4-9(7-8)5-6-10/h5-7H,2-4H2,1H3/b9-5-. The summed E-state index contributed by atoms with van der Waals surface area (Å²) in [6.07, 6.45) is 8.08. The van der Waals surface area contributed by atoms with Gasteiger partial charge in [0, 0.05) is 0 Å². The maximum absolute atomic E-state index is 10.1. The lowest BCUT2D eigenvalue weighted by Crippen LogP contribution is -1.91. The van der Waals surface area contributed by atoms with Gasteiger partial charge in [0.25, 0.3) is 0 Å². The summed E-state index contributed by atoms with van der Waals surface area (Å²) in [5.41, 5.74) is 2.57. The minimum absolute atomic E-state index is 0.866. The van der Waals surface area contributed by atoms with Crippen LogP contribution in [0.15, 0.2) is 23.3 Å². The van der Waals surface area contributed by atoms with E-state index in [9.17, 15) is 4.79 Å². The number of hydrogen-bond acceptors (Lipinski definition) is 1. The highest BCUT2D eigenvalue weighted by molar-refractivity contribution is 5.67. The highest BCUT2D eigenvalue weighted by Crippen LogP contribution is 2.20. The first kappa shape index (κ1) is 7.26. The third kappa shape index (κ3) is 1.83. The quantitative estimate of drug-likeness (QED) is 0.399. The summed E-state index contributed by atoms with van der Waals surface area (Å²) in [4.78, 5) is 10.1. The molecular weight excluding hydrogens is 124 g/mol. The first-order chi connectivity index (χ1) is 4.83. The predicted octanol–water partition coefficient (Wildman–Crippen LogP) is 2.24. The Morgan fingerprint density at radius 2 is 2.30 bits per heavy atom. The van der Waals surface area contributed by atoms with Crippen molar-refractivity contribution < 1.29 is 4.79 Å². The smallest absolute Gasteiger partial charge is 0.143 e. The van der Waals surface area contributed by atoms with Crippen LogP contribution < -0.4 is 0 Å². The summed E-state index contributed by atoms with van der Waals surface area (Å²) in [6, 6.07) is 0. The molecule has 1 aliphatic rings. The maximum Gasteiger partial charge on any atom is 0.143 e. The van der Waals surface area contributed by atoms with Crippen molar-refractivity contribution in [1.82, 2.24) is 0 Å². The Hall–Kier alpha value is -0.850. The lowest BCUT2D eigenvalue weighted by atomic mass is 9.96. The van der Waals surface area contributed by atoms with E-state index in [1.165, 1.54) is 24.0 Å². The van der Waals surface area contributed by atoms with Crippen LogP contribution in [-0.4, -0.2) is 6.29 Å². The molecule has 0 aliphatic heterocycles. The second-order valence-corrected chi connectivity index (χ2v) is 2.72. The highest BCUT2D eigenvalue weighted by atomic mass is 16.1. The molecule has 0 amide bonds. The van der Waals surface area contributed by atoms with E-state index >= 15 is 0 Å². The number of carbonyl (C=O) groups excluding carboxylic acids is 1. The van der Waals surface area contributed by atoms with Crippen molar-refractivity contribution in [3.63, 3.8) is 0 Å². The average Bonchev–Trinajstić information content (AvgIpc) is 1.88. The molecule has 0 radical (unpaired) electrons. The van der Waals surface area contributed by atoms with Gasteiger partial charge >= 0.3 is 0 Å². The monoisotopic (exact) mass is 136 g/mol. The van der Waals surface area contributed by atoms with Gasteiger partial charge in [-0.05, 0) is 37.8 Å². The topological polar surface area (TPSA) is 17.1 Å². The van der Waals surface area contributed by atoms with Crippen LogP contribution in [0.4, 0.5) is 0 Å². The zero-order chi connectivity index (χ0) is 7.40. The Bertz CT molecular complexity index is 187.